The molecule has 1 N–H and O–H groups in total. The molecule has 3 rings (SSSR count). The van der Waals surface area contributed by atoms with Crippen molar-refractivity contribution in [1.29, 1.82) is 0 Å². The van der Waals surface area contributed by atoms with E-state index in [4.69, 9.17) is 16.3 Å². The number of nitrogens with zero attached hydrogens (tertiary/aromatic N) is 1. The molecule has 172 valence electrons. The number of ether oxygens (including phenoxy) is 1. The fourth-order valence-corrected chi connectivity index (χ4v) is 4.25. The molecule has 1 atom stereocenters. The third kappa shape index (κ3) is 6.73. The summed E-state index contributed by atoms with van der Waals surface area (Å²) >= 11 is 6.01. The first-order chi connectivity index (χ1) is 15.3. The molecular weight excluding hydrogens is 424 g/mol. The van der Waals surface area contributed by atoms with E-state index in [1.165, 1.54) is 6.42 Å². The van der Waals surface area contributed by atoms with E-state index < -0.39 is 6.04 Å². The van der Waals surface area contributed by atoms with Gasteiger partial charge in [-0.25, -0.2) is 0 Å². The van der Waals surface area contributed by atoms with E-state index in [2.05, 4.69) is 5.32 Å². The van der Waals surface area contributed by atoms with Crippen LogP contribution in [0, 0.1) is 13.8 Å². The molecule has 32 heavy (non-hydrogen) atoms. The highest BCUT2D eigenvalue weighted by molar-refractivity contribution is 6.30. The molecule has 2 aromatic carbocycles. The summed E-state index contributed by atoms with van der Waals surface area (Å²) in [6.07, 6.45) is 5.49. The highest BCUT2D eigenvalue weighted by Crippen LogP contribution is 2.21. The van der Waals surface area contributed by atoms with E-state index in [0.29, 0.717) is 17.3 Å². The molecule has 5 nitrogen and oxygen atoms in total. The number of nitrogens with one attached hydrogen (secondary N) is 1. The van der Waals surface area contributed by atoms with E-state index in [1.54, 1.807) is 24.0 Å². The molecule has 2 amide bonds. The Balaban J connectivity index is 1.71. The number of hydrogen-bond donors (Lipinski definition) is 1. The molecule has 1 aliphatic carbocycles. The molecule has 6 heteroatoms. The Hall–Kier alpha value is -2.53. The molecule has 1 aliphatic rings. The summed E-state index contributed by atoms with van der Waals surface area (Å²) in [5.74, 6) is 0.326. The van der Waals surface area contributed by atoms with Gasteiger partial charge in [0.05, 0.1) is 0 Å². The van der Waals surface area contributed by atoms with E-state index in [-0.39, 0.29) is 24.5 Å². The number of carbonyl (C=O) groups excluding carboxylic acids is 2. The standard InChI is InChI=1S/C26H33ClN2O3/c1-18-9-14-24(19(2)15-18)32-17-25(30)29(16-21-10-12-22(27)13-11-21)20(3)26(31)28-23-7-5-4-6-8-23/h9-15,20,23H,4-8,16-17H2,1-3H3,(H,28,31). The van der Waals surface area contributed by atoms with Crippen molar-refractivity contribution < 1.29 is 14.3 Å². The van der Waals surface area contributed by atoms with Crippen molar-refractivity contribution in [3.63, 3.8) is 0 Å². The largest absolute Gasteiger partial charge is 0.483 e. The Morgan fingerprint density at radius 3 is 2.44 bits per heavy atom. The van der Waals surface area contributed by atoms with Crippen LogP contribution in [0.25, 0.3) is 0 Å². The third-order valence-electron chi connectivity index (χ3n) is 6.07. The van der Waals surface area contributed by atoms with Crippen LogP contribution in [0.1, 0.15) is 55.7 Å². The van der Waals surface area contributed by atoms with Gasteiger partial charge in [0.15, 0.2) is 6.61 Å². The fourth-order valence-electron chi connectivity index (χ4n) is 4.12. The summed E-state index contributed by atoms with van der Waals surface area (Å²) in [5, 5.41) is 3.78. The average Bonchev–Trinajstić information content (AvgIpc) is 2.78. The predicted octanol–water partition coefficient (Wildman–Crippen LogP) is 5.20. The van der Waals surface area contributed by atoms with Gasteiger partial charge in [0.1, 0.15) is 11.8 Å². The average molecular weight is 457 g/mol. The van der Waals surface area contributed by atoms with Gasteiger partial charge in [0, 0.05) is 17.6 Å². The zero-order valence-electron chi connectivity index (χ0n) is 19.2. The quantitative estimate of drug-likeness (QED) is 0.593. The van der Waals surface area contributed by atoms with Crippen LogP contribution in [-0.2, 0) is 16.1 Å². The molecule has 0 heterocycles. The number of hydrogen-bond acceptors (Lipinski definition) is 3. The second-order valence-electron chi connectivity index (χ2n) is 8.73. The first kappa shape index (κ1) is 24.1. The minimum atomic E-state index is -0.609. The highest BCUT2D eigenvalue weighted by Gasteiger charge is 2.28. The minimum absolute atomic E-state index is 0.120. The van der Waals surface area contributed by atoms with Gasteiger partial charge in [-0.15, -0.1) is 0 Å². The number of halogens is 1. The van der Waals surface area contributed by atoms with Gasteiger partial charge >= 0.3 is 0 Å². The van der Waals surface area contributed by atoms with Gasteiger partial charge in [-0.1, -0.05) is 60.7 Å². The molecule has 1 unspecified atom stereocenters. The van der Waals surface area contributed by atoms with Crippen molar-refractivity contribution in [2.75, 3.05) is 6.61 Å². The predicted molar refractivity (Wildman–Crippen MR) is 128 cm³/mol. The second kappa shape index (κ2) is 11.4. The molecule has 1 saturated carbocycles. The third-order valence-corrected chi connectivity index (χ3v) is 6.32. The zero-order valence-corrected chi connectivity index (χ0v) is 20.0. The lowest BCUT2D eigenvalue weighted by molar-refractivity contribution is -0.142. The van der Waals surface area contributed by atoms with Gasteiger partial charge < -0.3 is 15.0 Å². The van der Waals surface area contributed by atoms with Crippen LogP contribution >= 0.6 is 11.6 Å². The first-order valence-electron chi connectivity index (χ1n) is 11.4. The maximum Gasteiger partial charge on any atom is 0.261 e. The number of carbonyl (C=O) groups is 2. The van der Waals surface area contributed by atoms with Gasteiger partial charge in [0.25, 0.3) is 5.91 Å². The van der Waals surface area contributed by atoms with Gasteiger partial charge in [0.2, 0.25) is 5.91 Å². The number of aryl methyl sites for hydroxylation is 2. The number of rotatable bonds is 8. The van der Waals surface area contributed by atoms with Crippen LogP contribution in [-0.4, -0.2) is 35.4 Å². The molecule has 2 aromatic rings. The van der Waals surface area contributed by atoms with Crippen molar-refractivity contribution in [2.24, 2.45) is 0 Å². The van der Waals surface area contributed by atoms with Crippen LogP contribution in [0.4, 0.5) is 0 Å². The Labute approximate surface area is 196 Å². The van der Waals surface area contributed by atoms with Crippen LogP contribution < -0.4 is 10.1 Å². The second-order valence-corrected chi connectivity index (χ2v) is 9.16. The topological polar surface area (TPSA) is 58.6 Å². The lowest BCUT2D eigenvalue weighted by Gasteiger charge is -2.31. The SMILES string of the molecule is Cc1ccc(OCC(=O)N(Cc2ccc(Cl)cc2)C(C)C(=O)NC2CCCCC2)c(C)c1. The summed E-state index contributed by atoms with van der Waals surface area (Å²) in [5.41, 5.74) is 3.02. The molecule has 0 radical (unpaired) electrons. The molecule has 1 fully saturated rings. The molecule has 0 spiro atoms. The Morgan fingerprint density at radius 2 is 1.78 bits per heavy atom. The van der Waals surface area contributed by atoms with Crippen molar-refractivity contribution >= 4 is 23.4 Å². The van der Waals surface area contributed by atoms with E-state index in [9.17, 15) is 9.59 Å². The zero-order chi connectivity index (χ0) is 23.1. The van der Waals surface area contributed by atoms with Crippen molar-refractivity contribution in [1.82, 2.24) is 10.2 Å². The maximum atomic E-state index is 13.2. The number of amides is 2. The van der Waals surface area contributed by atoms with Crippen molar-refractivity contribution in [3.05, 3.63) is 64.2 Å². The Kier molecular flexibility index (Phi) is 8.57. The summed E-state index contributed by atoms with van der Waals surface area (Å²) in [4.78, 5) is 27.8. The summed E-state index contributed by atoms with van der Waals surface area (Å²) < 4.78 is 5.83. The van der Waals surface area contributed by atoms with Gasteiger partial charge in [-0.05, 0) is 62.9 Å². The minimum Gasteiger partial charge on any atom is -0.483 e. The first-order valence-corrected chi connectivity index (χ1v) is 11.8. The van der Waals surface area contributed by atoms with Crippen LogP contribution in [0.5, 0.6) is 5.75 Å². The maximum absolute atomic E-state index is 13.2. The van der Waals surface area contributed by atoms with Crippen molar-refractivity contribution in [2.45, 2.75) is 71.5 Å². The Morgan fingerprint density at radius 1 is 1.09 bits per heavy atom. The lowest BCUT2D eigenvalue weighted by Crippen LogP contribution is -2.51. The van der Waals surface area contributed by atoms with E-state index in [1.807, 2.05) is 44.2 Å². The molecular formula is C26H33ClN2O3. The van der Waals surface area contributed by atoms with E-state index in [0.717, 1.165) is 42.4 Å². The van der Waals surface area contributed by atoms with E-state index >= 15 is 0 Å². The molecule has 0 saturated heterocycles. The molecule has 0 bridgehead atoms. The summed E-state index contributed by atoms with van der Waals surface area (Å²) in [6, 6.07) is 12.8. The monoisotopic (exact) mass is 456 g/mol. The van der Waals surface area contributed by atoms with Crippen LogP contribution in [0.2, 0.25) is 5.02 Å². The lowest BCUT2D eigenvalue weighted by atomic mass is 9.95. The smallest absolute Gasteiger partial charge is 0.261 e. The van der Waals surface area contributed by atoms with Gasteiger partial charge in [-0.2, -0.15) is 0 Å². The molecule has 0 aliphatic heterocycles. The van der Waals surface area contributed by atoms with Crippen molar-refractivity contribution in [3.8, 4) is 5.75 Å². The summed E-state index contributed by atoms with van der Waals surface area (Å²) in [6.45, 7) is 5.94. The van der Waals surface area contributed by atoms with Crippen LogP contribution in [0.3, 0.4) is 0 Å². The Bertz CT molecular complexity index is 923. The fraction of sp³-hybridized carbons (Fsp3) is 0.462. The van der Waals surface area contributed by atoms with Crippen LogP contribution in [0.15, 0.2) is 42.5 Å². The number of benzene rings is 2. The molecule has 0 aromatic heterocycles. The summed E-state index contributed by atoms with van der Waals surface area (Å²) in [7, 11) is 0. The normalized spacial score (nSPS) is 15.1. The highest BCUT2D eigenvalue weighted by atomic mass is 35.5. The van der Waals surface area contributed by atoms with Gasteiger partial charge in [-0.3, -0.25) is 9.59 Å².